The average Bonchev–Trinajstić information content (AvgIpc) is 3.45. The summed E-state index contributed by atoms with van der Waals surface area (Å²) < 4.78 is 10.9. The van der Waals surface area contributed by atoms with Crippen molar-refractivity contribution in [3.63, 3.8) is 0 Å². The van der Waals surface area contributed by atoms with Crippen molar-refractivity contribution in [2.24, 2.45) is 0 Å². The smallest absolute Gasteiger partial charge is 0.300 e. The number of methoxy groups -OCH3 is 1. The summed E-state index contributed by atoms with van der Waals surface area (Å²) in [5.41, 5.74) is 2.79. The van der Waals surface area contributed by atoms with E-state index in [1.54, 1.807) is 66.7 Å². The van der Waals surface area contributed by atoms with Crippen LogP contribution in [0.3, 0.4) is 0 Å². The first-order chi connectivity index (χ1) is 17.4. The highest BCUT2D eigenvalue weighted by atomic mass is 16.5. The number of carbonyl (C=O) groups is 3. The van der Waals surface area contributed by atoms with Crippen LogP contribution in [-0.2, 0) is 20.8 Å². The molecule has 0 bridgehead atoms. The summed E-state index contributed by atoms with van der Waals surface area (Å²) in [5.74, 6) is -0.836. The van der Waals surface area contributed by atoms with E-state index < -0.39 is 17.7 Å². The van der Waals surface area contributed by atoms with Gasteiger partial charge >= 0.3 is 0 Å². The first-order valence-electron chi connectivity index (χ1n) is 11.5. The zero-order valence-corrected chi connectivity index (χ0v) is 19.8. The number of nitrogens with zero attached hydrogens (tertiary/aromatic N) is 1. The Morgan fingerprint density at radius 2 is 1.89 bits per heavy atom. The number of rotatable bonds is 5. The lowest BCUT2D eigenvalue weighted by atomic mass is 9.94. The van der Waals surface area contributed by atoms with Crippen LogP contribution in [0.25, 0.3) is 5.76 Å². The van der Waals surface area contributed by atoms with Crippen molar-refractivity contribution in [1.82, 2.24) is 0 Å². The molecule has 2 aliphatic heterocycles. The molecule has 8 heteroatoms. The van der Waals surface area contributed by atoms with E-state index in [0.717, 1.165) is 11.3 Å². The maximum atomic E-state index is 13.4. The number of aliphatic hydroxyl groups is 1. The second-order valence-electron chi connectivity index (χ2n) is 8.60. The molecular formula is C28H24N2O6. The molecule has 1 atom stereocenters. The van der Waals surface area contributed by atoms with Crippen molar-refractivity contribution in [2.75, 3.05) is 23.9 Å². The molecule has 3 aromatic rings. The Kier molecular flexibility index (Phi) is 5.93. The number of amides is 2. The number of ether oxygens (including phenoxy) is 2. The zero-order chi connectivity index (χ0) is 25.4. The minimum Gasteiger partial charge on any atom is -0.507 e. The highest BCUT2D eigenvalue weighted by Gasteiger charge is 2.47. The number of anilines is 2. The highest BCUT2D eigenvalue weighted by molar-refractivity contribution is 6.51. The molecule has 2 aliphatic rings. The molecule has 0 aromatic heterocycles. The molecule has 1 saturated heterocycles. The van der Waals surface area contributed by atoms with E-state index in [9.17, 15) is 19.5 Å². The largest absolute Gasteiger partial charge is 0.507 e. The lowest BCUT2D eigenvalue weighted by molar-refractivity contribution is -0.132. The summed E-state index contributed by atoms with van der Waals surface area (Å²) >= 11 is 0. The second kappa shape index (κ2) is 9.22. The van der Waals surface area contributed by atoms with Gasteiger partial charge in [-0.3, -0.25) is 19.3 Å². The Balaban J connectivity index is 1.69. The van der Waals surface area contributed by atoms with Gasteiger partial charge in [-0.25, -0.2) is 0 Å². The van der Waals surface area contributed by atoms with Gasteiger partial charge in [0.1, 0.15) is 17.3 Å². The molecule has 0 spiro atoms. The molecule has 0 aliphatic carbocycles. The van der Waals surface area contributed by atoms with Crippen molar-refractivity contribution >= 4 is 34.7 Å². The van der Waals surface area contributed by atoms with Crippen LogP contribution in [0.2, 0.25) is 0 Å². The quantitative estimate of drug-likeness (QED) is 0.319. The highest BCUT2D eigenvalue weighted by Crippen LogP contribution is 2.43. The Morgan fingerprint density at radius 3 is 2.67 bits per heavy atom. The standard InChI is InChI=1S/C28H24N2O6/c1-16(31)29-20-6-4-7-21(15-20)30-25(18-5-3-8-22(14-18)35-2)24(27(33)28(30)34)26(32)19-9-10-23-17(13-19)11-12-36-23/h3-10,13-15,25,32H,11-12H2,1-2H3,(H,29,31)/b26-24-. The maximum absolute atomic E-state index is 13.4. The zero-order valence-electron chi connectivity index (χ0n) is 19.8. The van der Waals surface area contributed by atoms with Crippen LogP contribution in [0.5, 0.6) is 11.5 Å². The number of Topliss-reactive ketones (excluding diaryl/α,β-unsaturated/α-hetero) is 1. The number of ketones is 1. The fourth-order valence-corrected chi connectivity index (χ4v) is 4.65. The number of aliphatic hydroxyl groups excluding tert-OH is 1. The average molecular weight is 485 g/mol. The lowest BCUT2D eigenvalue weighted by Gasteiger charge is -2.26. The molecular weight excluding hydrogens is 460 g/mol. The first kappa shape index (κ1) is 23.2. The maximum Gasteiger partial charge on any atom is 0.300 e. The van der Waals surface area contributed by atoms with E-state index in [0.29, 0.717) is 41.3 Å². The number of hydrogen-bond acceptors (Lipinski definition) is 6. The Morgan fingerprint density at radius 1 is 1.08 bits per heavy atom. The van der Waals surface area contributed by atoms with E-state index in [-0.39, 0.29) is 17.2 Å². The molecule has 36 heavy (non-hydrogen) atoms. The molecule has 0 saturated carbocycles. The summed E-state index contributed by atoms with van der Waals surface area (Å²) in [5, 5.41) is 14.1. The monoisotopic (exact) mass is 484 g/mol. The van der Waals surface area contributed by atoms with Crippen LogP contribution >= 0.6 is 0 Å². The van der Waals surface area contributed by atoms with Gasteiger partial charge < -0.3 is 19.9 Å². The van der Waals surface area contributed by atoms with Crippen LogP contribution in [0.4, 0.5) is 11.4 Å². The van der Waals surface area contributed by atoms with Gasteiger partial charge in [0, 0.05) is 30.3 Å². The van der Waals surface area contributed by atoms with E-state index in [4.69, 9.17) is 9.47 Å². The summed E-state index contributed by atoms with van der Waals surface area (Å²) in [6.45, 7) is 1.94. The number of benzene rings is 3. The van der Waals surface area contributed by atoms with Gasteiger partial charge in [-0.15, -0.1) is 0 Å². The second-order valence-corrected chi connectivity index (χ2v) is 8.60. The summed E-state index contributed by atoms with van der Waals surface area (Å²) in [6.07, 6.45) is 0.694. The van der Waals surface area contributed by atoms with Crippen LogP contribution < -0.4 is 19.7 Å². The van der Waals surface area contributed by atoms with Crippen LogP contribution in [0, 0.1) is 0 Å². The molecule has 1 fully saturated rings. The van der Waals surface area contributed by atoms with Crippen LogP contribution in [0.15, 0.2) is 72.3 Å². The Bertz CT molecular complexity index is 1430. The third-order valence-electron chi connectivity index (χ3n) is 6.26. The molecule has 0 radical (unpaired) electrons. The van der Waals surface area contributed by atoms with Crippen LogP contribution in [0.1, 0.15) is 29.7 Å². The van der Waals surface area contributed by atoms with Gasteiger partial charge in [-0.1, -0.05) is 18.2 Å². The lowest BCUT2D eigenvalue weighted by Crippen LogP contribution is -2.29. The summed E-state index contributed by atoms with van der Waals surface area (Å²) in [4.78, 5) is 39.7. The number of nitrogens with one attached hydrogen (secondary N) is 1. The Hall–Kier alpha value is -4.59. The van der Waals surface area contributed by atoms with Gasteiger partial charge in [0.2, 0.25) is 5.91 Å². The van der Waals surface area contributed by atoms with Crippen molar-refractivity contribution in [1.29, 1.82) is 0 Å². The predicted molar refractivity (Wildman–Crippen MR) is 134 cm³/mol. The van der Waals surface area contributed by atoms with Gasteiger partial charge in [0.25, 0.3) is 11.7 Å². The number of carbonyl (C=O) groups excluding carboxylic acids is 3. The molecule has 182 valence electrons. The van der Waals surface area contributed by atoms with Gasteiger partial charge in [-0.05, 0) is 59.7 Å². The van der Waals surface area contributed by atoms with E-state index in [1.807, 2.05) is 0 Å². The van der Waals surface area contributed by atoms with Crippen molar-refractivity contribution < 1.29 is 29.0 Å². The summed E-state index contributed by atoms with van der Waals surface area (Å²) in [6, 6.07) is 18.0. The van der Waals surface area contributed by atoms with Gasteiger partial charge in [0.05, 0.1) is 25.3 Å². The molecule has 2 N–H and O–H groups in total. The SMILES string of the molecule is COc1cccc(C2/C(=C(/O)c3ccc4c(c3)CCO4)C(=O)C(=O)N2c2cccc(NC(C)=O)c2)c1. The fourth-order valence-electron chi connectivity index (χ4n) is 4.65. The van der Waals surface area contributed by atoms with Crippen molar-refractivity contribution in [3.8, 4) is 11.5 Å². The van der Waals surface area contributed by atoms with Crippen molar-refractivity contribution in [2.45, 2.75) is 19.4 Å². The molecule has 5 rings (SSSR count). The van der Waals surface area contributed by atoms with E-state index in [1.165, 1.54) is 18.9 Å². The third-order valence-corrected chi connectivity index (χ3v) is 6.26. The van der Waals surface area contributed by atoms with Crippen LogP contribution in [-0.4, -0.2) is 36.4 Å². The minimum absolute atomic E-state index is 0.0305. The third kappa shape index (κ3) is 4.07. The van der Waals surface area contributed by atoms with Gasteiger partial charge in [-0.2, -0.15) is 0 Å². The molecule has 1 unspecified atom stereocenters. The molecule has 8 nitrogen and oxygen atoms in total. The van der Waals surface area contributed by atoms with Gasteiger partial charge in [0.15, 0.2) is 0 Å². The molecule has 2 amide bonds. The minimum atomic E-state index is -0.919. The predicted octanol–water partition coefficient (Wildman–Crippen LogP) is 4.21. The topological polar surface area (TPSA) is 105 Å². The first-order valence-corrected chi connectivity index (χ1v) is 11.5. The fraction of sp³-hybridized carbons (Fsp3) is 0.179. The molecule has 3 aromatic carbocycles. The number of fused-ring (bicyclic) bond motifs is 1. The number of hydrogen-bond donors (Lipinski definition) is 2. The Labute approximate surface area is 207 Å². The van der Waals surface area contributed by atoms with E-state index >= 15 is 0 Å². The summed E-state index contributed by atoms with van der Waals surface area (Å²) in [7, 11) is 1.53. The normalized spacial score (nSPS) is 18.1. The van der Waals surface area contributed by atoms with E-state index in [2.05, 4.69) is 5.32 Å². The molecule has 2 heterocycles. The van der Waals surface area contributed by atoms with Crippen molar-refractivity contribution in [3.05, 3.63) is 89.0 Å².